The van der Waals surface area contributed by atoms with E-state index in [2.05, 4.69) is 6.92 Å². The van der Waals surface area contributed by atoms with Crippen LogP contribution in [-0.2, 0) is 11.3 Å². The Morgan fingerprint density at radius 1 is 1.04 bits per heavy atom. The van der Waals surface area contributed by atoms with Gasteiger partial charge in [0.2, 0.25) is 0 Å². The lowest BCUT2D eigenvalue weighted by molar-refractivity contribution is 0.0953. The van der Waals surface area contributed by atoms with Gasteiger partial charge < -0.3 is 9.30 Å². The molecule has 0 aliphatic carbocycles. The highest BCUT2D eigenvalue weighted by Crippen LogP contribution is 2.31. The number of nitrogens with zero attached hydrogens (tertiary/aromatic N) is 2. The van der Waals surface area contributed by atoms with Gasteiger partial charge in [-0.25, -0.2) is 0 Å². The van der Waals surface area contributed by atoms with Crippen LogP contribution in [0.5, 0.6) is 0 Å². The molecule has 0 atom stereocenters. The van der Waals surface area contributed by atoms with Gasteiger partial charge in [0, 0.05) is 24.7 Å². The van der Waals surface area contributed by atoms with Crippen LogP contribution in [0.3, 0.4) is 0 Å². The number of carbonyl (C=O) groups is 1. The molecule has 0 saturated carbocycles. The third kappa shape index (κ3) is 2.05. The zero-order chi connectivity index (χ0) is 16.7. The molecule has 0 saturated heterocycles. The molecule has 0 unspecified atom stereocenters. The molecule has 24 heavy (non-hydrogen) atoms. The highest BCUT2D eigenvalue weighted by atomic mass is 16.5. The van der Waals surface area contributed by atoms with Crippen molar-refractivity contribution in [3.63, 3.8) is 0 Å². The minimum absolute atomic E-state index is 0.0860. The molecule has 4 rings (SSSR count). The normalized spacial score (nSPS) is 12.6. The van der Waals surface area contributed by atoms with Crippen molar-refractivity contribution in [3.8, 4) is 11.3 Å². The summed E-state index contributed by atoms with van der Waals surface area (Å²) in [5, 5.41) is 0.634. The van der Waals surface area contributed by atoms with Gasteiger partial charge in [0.25, 0.3) is 5.91 Å². The van der Waals surface area contributed by atoms with Gasteiger partial charge in [-0.15, -0.1) is 0 Å². The Morgan fingerprint density at radius 2 is 1.88 bits per heavy atom. The van der Waals surface area contributed by atoms with E-state index >= 15 is 0 Å². The van der Waals surface area contributed by atoms with Gasteiger partial charge in [-0.2, -0.15) is 0 Å². The average molecular weight is 322 g/mol. The van der Waals surface area contributed by atoms with Crippen LogP contribution in [0, 0.1) is 0 Å². The minimum Gasteiger partial charge on any atom is -0.380 e. The third-order valence-corrected chi connectivity index (χ3v) is 4.41. The summed E-state index contributed by atoms with van der Waals surface area (Å²) < 4.78 is 9.08. The molecule has 1 aliphatic heterocycles. The number of hydrogen-bond donors (Lipinski definition) is 0. The largest absolute Gasteiger partial charge is 0.380 e. The van der Waals surface area contributed by atoms with Gasteiger partial charge in [-0.1, -0.05) is 19.1 Å². The van der Waals surface area contributed by atoms with E-state index in [1.807, 2.05) is 34.9 Å². The summed E-state index contributed by atoms with van der Waals surface area (Å²) in [6, 6.07) is 11.0. The zero-order valence-corrected chi connectivity index (χ0v) is 13.5. The maximum absolute atomic E-state index is 12.9. The number of aromatic nitrogens is 2. The van der Waals surface area contributed by atoms with E-state index in [0.717, 1.165) is 11.9 Å². The molecular weight excluding hydrogens is 304 g/mol. The molecule has 3 heterocycles. The molecule has 0 radical (unpaired) electrons. The molecule has 0 N–H and O–H groups in total. The van der Waals surface area contributed by atoms with Crippen LogP contribution in [0.2, 0.25) is 0 Å². The number of benzene rings is 1. The molecule has 2 aromatic heterocycles. The standard InChI is InChI=1S/C19H18N2O3/c1-2-11-24-12-10-20-14-7-4-3-6-13(14)18(22)16-15-8-5-9-21(15)19(23)17(16)20/h3-9H,2,10-12H2,1H3. The Balaban J connectivity index is 1.95. The van der Waals surface area contributed by atoms with Gasteiger partial charge in [0.05, 0.1) is 23.4 Å². The van der Waals surface area contributed by atoms with Crippen LogP contribution in [0.15, 0.2) is 47.4 Å². The number of carbonyl (C=O) groups excluding carboxylic acids is 1. The van der Waals surface area contributed by atoms with Crippen molar-refractivity contribution in [1.82, 2.24) is 9.13 Å². The van der Waals surface area contributed by atoms with Crippen molar-refractivity contribution >= 4 is 16.8 Å². The summed E-state index contributed by atoms with van der Waals surface area (Å²) in [4.78, 5) is 25.8. The maximum Gasteiger partial charge on any atom is 0.279 e. The van der Waals surface area contributed by atoms with Crippen molar-refractivity contribution in [2.75, 3.05) is 13.2 Å². The topological polar surface area (TPSA) is 53.2 Å². The Hall–Kier alpha value is -2.66. The summed E-state index contributed by atoms with van der Waals surface area (Å²) in [5.74, 6) is -0.150. The van der Waals surface area contributed by atoms with E-state index in [4.69, 9.17) is 4.74 Å². The lowest BCUT2D eigenvalue weighted by atomic mass is 10.1. The van der Waals surface area contributed by atoms with Crippen molar-refractivity contribution < 1.29 is 9.53 Å². The number of ether oxygens (including phenoxy) is 1. The molecule has 5 nitrogen and oxygen atoms in total. The van der Waals surface area contributed by atoms with Crippen LogP contribution >= 0.6 is 0 Å². The second kappa shape index (κ2) is 5.76. The fraction of sp³-hybridized carbons (Fsp3) is 0.263. The van der Waals surface area contributed by atoms with Crippen molar-refractivity contribution in [2.45, 2.75) is 19.9 Å². The summed E-state index contributed by atoms with van der Waals surface area (Å²) in [6.45, 7) is 3.80. The highest BCUT2D eigenvalue weighted by Gasteiger charge is 2.32. The Morgan fingerprint density at radius 3 is 2.71 bits per heavy atom. The molecule has 0 spiro atoms. The van der Waals surface area contributed by atoms with Gasteiger partial charge in [-0.3, -0.25) is 14.2 Å². The summed E-state index contributed by atoms with van der Waals surface area (Å²) in [6.07, 6.45) is 2.66. The predicted molar refractivity (Wildman–Crippen MR) is 92.5 cm³/mol. The number of rotatable bonds is 5. The molecule has 122 valence electrons. The lowest BCUT2D eigenvalue weighted by Crippen LogP contribution is -2.21. The van der Waals surface area contributed by atoms with Crippen LogP contribution < -0.4 is 5.43 Å². The highest BCUT2D eigenvalue weighted by molar-refractivity contribution is 6.09. The second-order valence-electron chi connectivity index (χ2n) is 5.90. The first kappa shape index (κ1) is 14.9. The summed E-state index contributed by atoms with van der Waals surface area (Å²) in [7, 11) is 0. The van der Waals surface area contributed by atoms with Gasteiger partial charge in [0.1, 0.15) is 5.69 Å². The fourth-order valence-corrected chi connectivity index (χ4v) is 3.37. The number of pyridine rings is 1. The van der Waals surface area contributed by atoms with Gasteiger partial charge in [0.15, 0.2) is 5.43 Å². The van der Waals surface area contributed by atoms with Crippen molar-refractivity contribution in [1.29, 1.82) is 0 Å². The Kier molecular flexibility index (Phi) is 3.58. The minimum atomic E-state index is -0.150. The number of fused-ring (bicyclic) bond motifs is 4. The first-order valence-corrected chi connectivity index (χ1v) is 8.19. The Bertz CT molecular complexity index is 998. The van der Waals surface area contributed by atoms with Crippen LogP contribution in [0.1, 0.15) is 23.8 Å². The fourth-order valence-electron chi connectivity index (χ4n) is 3.37. The first-order valence-electron chi connectivity index (χ1n) is 8.19. The molecule has 1 aromatic carbocycles. The van der Waals surface area contributed by atoms with E-state index in [-0.39, 0.29) is 11.3 Å². The average Bonchev–Trinajstić information content (AvgIpc) is 3.17. The smallest absolute Gasteiger partial charge is 0.279 e. The van der Waals surface area contributed by atoms with E-state index in [1.165, 1.54) is 0 Å². The molecule has 0 fully saturated rings. The van der Waals surface area contributed by atoms with E-state index in [0.29, 0.717) is 42.1 Å². The molecule has 1 aliphatic rings. The predicted octanol–water partition coefficient (Wildman–Crippen LogP) is 2.90. The molecule has 3 aromatic rings. The van der Waals surface area contributed by atoms with Crippen LogP contribution in [-0.4, -0.2) is 28.3 Å². The molecule has 5 heteroatoms. The molecule has 0 bridgehead atoms. The Labute approximate surface area is 139 Å². The summed E-state index contributed by atoms with van der Waals surface area (Å²) in [5.41, 5.74) is 2.33. The zero-order valence-electron chi connectivity index (χ0n) is 13.5. The van der Waals surface area contributed by atoms with E-state index in [9.17, 15) is 9.59 Å². The lowest BCUT2D eigenvalue weighted by Gasteiger charge is -2.15. The van der Waals surface area contributed by atoms with Crippen molar-refractivity contribution in [2.24, 2.45) is 0 Å². The monoisotopic (exact) mass is 322 g/mol. The molecule has 0 amide bonds. The van der Waals surface area contributed by atoms with E-state index < -0.39 is 0 Å². The first-order chi connectivity index (χ1) is 11.7. The third-order valence-electron chi connectivity index (χ3n) is 4.41. The van der Waals surface area contributed by atoms with Gasteiger partial charge >= 0.3 is 0 Å². The van der Waals surface area contributed by atoms with E-state index in [1.54, 1.807) is 16.8 Å². The maximum atomic E-state index is 12.9. The van der Waals surface area contributed by atoms with Crippen molar-refractivity contribution in [3.05, 3.63) is 58.5 Å². The molecular formula is C19H18N2O3. The number of para-hydroxylation sites is 1. The van der Waals surface area contributed by atoms with Crippen LogP contribution in [0.4, 0.5) is 0 Å². The SMILES string of the molecule is CCCOCCn1c2c(c(=O)c3ccccc31)-c1cccn1C2=O. The van der Waals surface area contributed by atoms with Crippen LogP contribution in [0.25, 0.3) is 22.2 Å². The quantitative estimate of drug-likeness (QED) is 0.531. The summed E-state index contributed by atoms with van der Waals surface area (Å²) >= 11 is 0. The number of hydrogen-bond acceptors (Lipinski definition) is 3. The second-order valence-corrected chi connectivity index (χ2v) is 5.90. The van der Waals surface area contributed by atoms with Gasteiger partial charge in [-0.05, 0) is 30.7 Å².